The predicted molar refractivity (Wildman–Crippen MR) is 52.9 cm³/mol. The lowest BCUT2D eigenvalue weighted by Crippen LogP contribution is -2.31. The molecule has 0 aromatic carbocycles. The SMILES string of the molecule is C#CCNC(=O)C1CC=C(C)CC1. The lowest BCUT2D eigenvalue weighted by molar-refractivity contribution is -0.124. The highest BCUT2D eigenvalue weighted by Gasteiger charge is 2.19. The summed E-state index contributed by atoms with van der Waals surface area (Å²) in [7, 11) is 0. The first kappa shape index (κ1) is 9.85. The maximum absolute atomic E-state index is 11.4. The summed E-state index contributed by atoms with van der Waals surface area (Å²) in [6.45, 7) is 2.45. The number of allylic oxidation sites excluding steroid dienone is 2. The molecule has 0 radical (unpaired) electrons. The van der Waals surface area contributed by atoms with E-state index < -0.39 is 0 Å². The molecule has 0 bridgehead atoms. The molecule has 0 aromatic heterocycles. The fourth-order valence-corrected chi connectivity index (χ4v) is 1.49. The fourth-order valence-electron chi connectivity index (χ4n) is 1.49. The smallest absolute Gasteiger partial charge is 0.224 e. The normalized spacial score (nSPS) is 21.5. The molecule has 1 aliphatic carbocycles. The van der Waals surface area contributed by atoms with Crippen molar-refractivity contribution < 1.29 is 4.79 Å². The van der Waals surface area contributed by atoms with Crippen LogP contribution in [0.15, 0.2) is 11.6 Å². The Labute approximate surface area is 79.4 Å². The summed E-state index contributed by atoms with van der Waals surface area (Å²) < 4.78 is 0. The minimum absolute atomic E-state index is 0.0988. The van der Waals surface area contributed by atoms with E-state index in [0.717, 1.165) is 19.3 Å². The molecule has 0 spiro atoms. The van der Waals surface area contributed by atoms with Crippen LogP contribution >= 0.6 is 0 Å². The zero-order valence-corrected chi connectivity index (χ0v) is 7.97. The van der Waals surface area contributed by atoms with Crippen LogP contribution in [0.3, 0.4) is 0 Å². The van der Waals surface area contributed by atoms with Crippen molar-refractivity contribution in [2.45, 2.75) is 26.2 Å². The average Bonchev–Trinajstić information content (AvgIpc) is 2.15. The lowest BCUT2D eigenvalue weighted by atomic mass is 9.90. The number of carbonyl (C=O) groups excluding carboxylic acids is 1. The maximum Gasteiger partial charge on any atom is 0.224 e. The standard InChI is InChI=1S/C11H15NO/c1-3-8-12-11(13)10-6-4-9(2)5-7-10/h1,4,10H,5-8H2,2H3,(H,12,13). The number of terminal acetylenes is 1. The van der Waals surface area contributed by atoms with Gasteiger partial charge < -0.3 is 5.32 Å². The molecule has 0 fully saturated rings. The van der Waals surface area contributed by atoms with Crippen molar-refractivity contribution in [1.29, 1.82) is 0 Å². The van der Waals surface area contributed by atoms with E-state index in [0.29, 0.717) is 6.54 Å². The van der Waals surface area contributed by atoms with Crippen molar-refractivity contribution in [2.24, 2.45) is 5.92 Å². The zero-order valence-electron chi connectivity index (χ0n) is 7.97. The molecule has 0 saturated heterocycles. The number of hydrogen-bond donors (Lipinski definition) is 1. The van der Waals surface area contributed by atoms with Gasteiger partial charge in [-0.25, -0.2) is 0 Å². The Kier molecular flexibility index (Phi) is 3.57. The van der Waals surface area contributed by atoms with Gasteiger partial charge in [-0.2, -0.15) is 0 Å². The van der Waals surface area contributed by atoms with Gasteiger partial charge in [0, 0.05) is 5.92 Å². The second-order valence-corrected chi connectivity index (χ2v) is 3.44. The monoisotopic (exact) mass is 177 g/mol. The van der Waals surface area contributed by atoms with E-state index >= 15 is 0 Å². The molecule has 0 aromatic rings. The summed E-state index contributed by atoms with van der Waals surface area (Å²) in [5, 5.41) is 2.71. The van der Waals surface area contributed by atoms with Gasteiger partial charge in [0.05, 0.1) is 6.54 Å². The summed E-state index contributed by atoms with van der Waals surface area (Å²) in [5.74, 6) is 2.63. The van der Waals surface area contributed by atoms with Crippen molar-refractivity contribution in [1.82, 2.24) is 5.32 Å². The molecule has 1 unspecified atom stereocenters. The Morgan fingerprint density at radius 2 is 2.62 bits per heavy atom. The van der Waals surface area contributed by atoms with Crippen molar-refractivity contribution in [2.75, 3.05) is 6.54 Å². The van der Waals surface area contributed by atoms with Gasteiger partial charge in [0.2, 0.25) is 5.91 Å². The molecule has 70 valence electrons. The van der Waals surface area contributed by atoms with Crippen LogP contribution in [0, 0.1) is 18.3 Å². The molecule has 13 heavy (non-hydrogen) atoms. The van der Waals surface area contributed by atoms with Crippen LogP contribution in [0.25, 0.3) is 0 Å². The van der Waals surface area contributed by atoms with Gasteiger partial charge in [-0.1, -0.05) is 17.6 Å². The predicted octanol–water partition coefficient (Wildman–Crippen LogP) is 1.48. The van der Waals surface area contributed by atoms with E-state index in [1.807, 2.05) is 0 Å². The van der Waals surface area contributed by atoms with Crippen molar-refractivity contribution >= 4 is 5.91 Å². The lowest BCUT2D eigenvalue weighted by Gasteiger charge is -2.18. The summed E-state index contributed by atoms with van der Waals surface area (Å²) in [6.07, 6.45) is 10.1. The largest absolute Gasteiger partial charge is 0.345 e. The maximum atomic E-state index is 11.4. The molecule has 2 heteroatoms. The average molecular weight is 177 g/mol. The first-order valence-electron chi connectivity index (χ1n) is 4.61. The van der Waals surface area contributed by atoms with Crippen LogP contribution in [-0.2, 0) is 4.79 Å². The van der Waals surface area contributed by atoms with E-state index in [1.165, 1.54) is 5.57 Å². The molecular formula is C11H15NO. The molecule has 1 aliphatic rings. The first-order chi connectivity index (χ1) is 6.24. The third kappa shape index (κ3) is 2.95. The van der Waals surface area contributed by atoms with Crippen LogP contribution in [0.1, 0.15) is 26.2 Å². The highest BCUT2D eigenvalue weighted by atomic mass is 16.1. The summed E-state index contributed by atoms with van der Waals surface area (Å²) in [6, 6.07) is 0. The molecule has 1 amide bonds. The van der Waals surface area contributed by atoms with Crippen LogP contribution in [0.5, 0.6) is 0 Å². The Balaban J connectivity index is 2.38. The number of hydrogen-bond acceptors (Lipinski definition) is 1. The molecule has 0 saturated carbocycles. The van der Waals surface area contributed by atoms with Crippen molar-refractivity contribution in [3.8, 4) is 12.3 Å². The van der Waals surface area contributed by atoms with Crippen LogP contribution in [-0.4, -0.2) is 12.5 Å². The number of amides is 1. The van der Waals surface area contributed by atoms with Gasteiger partial charge in [-0.15, -0.1) is 6.42 Å². The molecular weight excluding hydrogens is 162 g/mol. The van der Waals surface area contributed by atoms with Crippen molar-refractivity contribution in [3.63, 3.8) is 0 Å². The van der Waals surface area contributed by atoms with Gasteiger partial charge >= 0.3 is 0 Å². The van der Waals surface area contributed by atoms with E-state index in [1.54, 1.807) is 0 Å². The number of rotatable bonds is 2. The van der Waals surface area contributed by atoms with Crippen LogP contribution in [0.4, 0.5) is 0 Å². The van der Waals surface area contributed by atoms with E-state index in [4.69, 9.17) is 6.42 Å². The molecule has 1 N–H and O–H groups in total. The van der Waals surface area contributed by atoms with E-state index in [-0.39, 0.29) is 11.8 Å². The first-order valence-corrected chi connectivity index (χ1v) is 4.61. The minimum Gasteiger partial charge on any atom is -0.345 e. The van der Waals surface area contributed by atoms with E-state index in [2.05, 4.69) is 24.2 Å². The molecule has 1 rings (SSSR count). The van der Waals surface area contributed by atoms with Crippen LogP contribution in [0.2, 0.25) is 0 Å². The topological polar surface area (TPSA) is 29.1 Å². The molecule has 0 heterocycles. The minimum atomic E-state index is 0.0988. The number of nitrogens with one attached hydrogen (secondary N) is 1. The summed E-state index contributed by atoms with van der Waals surface area (Å²) in [5.41, 5.74) is 1.39. The fraction of sp³-hybridized carbons (Fsp3) is 0.545. The zero-order chi connectivity index (χ0) is 9.68. The Morgan fingerprint density at radius 3 is 3.15 bits per heavy atom. The molecule has 1 atom stereocenters. The van der Waals surface area contributed by atoms with Gasteiger partial charge in [-0.3, -0.25) is 4.79 Å². The number of carbonyl (C=O) groups is 1. The third-order valence-electron chi connectivity index (χ3n) is 2.37. The summed E-state index contributed by atoms with van der Waals surface area (Å²) in [4.78, 5) is 11.4. The Hall–Kier alpha value is -1.23. The van der Waals surface area contributed by atoms with Gasteiger partial charge in [-0.05, 0) is 26.2 Å². The second-order valence-electron chi connectivity index (χ2n) is 3.44. The van der Waals surface area contributed by atoms with Gasteiger partial charge in [0.1, 0.15) is 0 Å². The van der Waals surface area contributed by atoms with Crippen LogP contribution < -0.4 is 5.32 Å². The van der Waals surface area contributed by atoms with Gasteiger partial charge in [0.25, 0.3) is 0 Å². The highest BCUT2D eigenvalue weighted by molar-refractivity contribution is 5.79. The quantitative estimate of drug-likeness (QED) is 0.502. The summed E-state index contributed by atoms with van der Waals surface area (Å²) >= 11 is 0. The molecule has 0 aliphatic heterocycles. The van der Waals surface area contributed by atoms with Gasteiger partial charge in [0.15, 0.2) is 0 Å². The third-order valence-corrected chi connectivity index (χ3v) is 2.37. The van der Waals surface area contributed by atoms with Crippen molar-refractivity contribution in [3.05, 3.63) is 11.6 Å². The highest BCUT2D eigenvalue weighted by Crippen LogP contribution is 2.22. The molecule has 2 nitrogen and oxygen atoms in total. The Bertz CT molecular complexity index is 260. The van der Waals surface area contributed by atoms with E-state index in [9.17, 15) is 4.79 Å². The second kappa shape index (κ2) is 4.71. The Morgan fingerprint density at radius 1 is 1.85 bits per heavy atom.